The Hall–Kier alpha value is -3.57. The van der Waals surface area contributed by atoms with Crippen molar-refractivity contribution in [2.24, 2.45) is 0 Å². The number of aromatic nitrogens is 1. The maximum absolute atomic E-state index is 12.8. The fourth-order valence-electron chi connectivity index (χ4n) is 3.90. The summed E-state index contributed by atoms with van der Waals surface area (Å²) in [5.41, 5.74) is 5.70. The SMILES string of the molecule is Cc1[nH]c2ccc(CNC(=O)CC(NC(=O)c3ccccc3Cl)c3ccccc3)cc2c1C. The molecular formula is C27H26ClN3O2. The van der Waals surface area contributed by atoms with Crippen molar-refractivity contribution in [2.75, 3.05) is 0 Å². The van der Waals surface area contributed by atoms with E-state index in [1.54, 1.807) is 24.3 Å². The Morgan fingerprint density at radius 2 is 1.70 bits per heavy atom. The van der Waals surface area contributed by atoms with Gasteiger partial charge in [0.25, 0.3) is 5.91 Å². The van der Waals surface area contributed by atoms with Gasteiger partial charge >= 0.3 is 0 Å². The largest absolute Gasteiger partial charge is 0.358 e. The quantitative estimate of drug-likeness (QED) is 0.335. The minimum absolute atomic E-state index is 0.116. The van der Waals surface area contributed by atoms with E-state index in [1.807, 2.05) is 42.5 Å². The highest BCUT2D eigenvalue weighted by molar-refractivity contribution is 6.33. The van der Waals surface area contributed by atoms with Crippen molar-refractivity contribution in [3.8, 4) is 0 Å². The number of hydrogen-bond donors (Lipinski definition) is 3. The van der Waals surface area contributed by atoms with E-state index in [4.69, 9.17) is 11.6 Å². The van der Waals surface area contributed by atoms with Gasteiger partial charge in [-0.15, -0.1) is 0 Å². The van der Waals surface area contributed by atoms with Crippen molar-refractivity contribution in [2.45, 2.75) is 32.9 Å². The third-order valence-electron chi connectivity index (χ3n) is 5.88. The number of halogens is 1. The van der Waals surface area contributed by atoms with Crippen LogP contribution in [0, 0.1) is 13.8 Å². The summed E-state index contributed by atoms with van der Waals surface area (Å²) in [5.74, 6) is -0.462. The second-order valence-electron chi connectivity index (χ2n) is 8.15. The Labute approximate surface area is 198 Å². The molecule has 4 aromatic rings. The highest BCUT2D eigenvalue weighted by Gasteiger charge is 2.20. The van der Waals surface area contributed by atoms with Crippen LogP contribution in [0.2, 0.25) is 5.02 Å². The summed E-state index contributed by atoms with van der Waals surface area (Å²) in [7, 11) is 0. The molecule has 6 heteroatoms. The zero-order valence-corrected chi connectivity index (χ0v) is 19.4. The van der Waals surface area contributed by atoms with Crippen molar-refractivity contribution in [1.82, 2.24) is 15.6 Å². The minimum atomic E-state index is -0.480. The number of benzene rings is 3. The molecule has 0 spiro atoms. The number of amides is 2. The van der Waals surface area contributed by atoms with E-state index in [9.17, 15) is 9.59 Å². The molecule has 0 aliphatic rings. The van der Waals surface area contributed by atoms with Gasteiger partial charge in [0.1, 0.15) is 0 Å². The first kappa shape index (κ1) is 22.6. The third-order valence-corrected chi connectivity index (χ3v) is 6.21. The van der Waals surface area contributed by atoms with E-state index in [1.165, 1.54) is 5.56 Å². The summed E-state index contributed by atoms with van der Waals surface area (Å²) < 4.78 is 0. The smallest absolute Gasteiger partial charge is 0.253 e. The number of rotatable bonds is 7. The van der Waals surface area contributed by atoms with Crippen LogP contribution in [-0.4, -0.2) is 16.8 Å². The molecule has 0 fully saturated rings. The first-order chi connectivity index (χ1) is 15.9. The van der Waals surface area contributed by atoms with Crippen LogP contribution in [0.5, 0.6) is 0 Å². The molecule has 1 atom stereocenters. The third kappa shape index (κ3) is 5.26. The lowest BCUT2D eigenvalue weighted by Crippen LogP contribution is -2.33. The molecule has 3 N–H and O–H groups in total. The lowest BCUT2D eigenvalue weighted by molar-refractivity contribution is -0.121. The first-order valence-corrected chi connectivity index (χ1v) is 11.2. The summed E-state index contributed by atoms with van der Waals surface area (Å²) in [6.45, 7) is 4.55. The molecule has 0 bridgehead atoms. The minimum Gasteiger partial charge on any atom is -0.358 e. The summed E-state index contributed by atoms with van der Waals surface area (Å²) in [6, 6.07) is 22.0. The van der Waals surface area contributed by atoms with Crippen LogP contribution in [-0.2, 0) is 11.3 Å². The maximum Gasteiger partial charge on any atom is 0.253 e. The van der Waals surface area contributed by atoms with Crippen molar-refractivity contribution in [3.05, 3.63) is 106 Å². The average Bonchev–Trinajstić information content (AvgIpc) is 3.11. The molecule has 1 heterocycles. The van der Waals surface area contributed by atoms with Gasteiger partial charge in [-0.1, -0.05) is 60.1 Å². The Morgan fingerprint density at radius 3 is 2.45 bits per heavy atom. The Balaban J connectivity index is 1.45. The van der Waals surface area contributed by atoms with Crippen molar-refractivity contribution < 1.29 is 9.59 Å². The van der Waals surface area contributed by atoms with Gasteiger partial charge in [0.15, 0.2) is 0 Å². The lowest BCUT2D eigenvalue weighted by Gasteiger charge is -2.19. The Morgan fingerprint density at radius 1 is 0.970 bits per heavy atom. The van der Waals surface area contributed by atoms with E-state index < -0.39 is 6.04 Å². The number of carbonyl (C=O) groups is 2. The van der Waals surface area contributed by atoms with Crippen LogP contribution in [0.15, 0.2) is 72.8 Å². The monoisotopic (exact) mass is 459 g/mol. The van der Waals surface area contributed by atoms with E-state index >= 15 is 0 Å². The molecule has 0 saturated heterocycles. The number of aromatic amines is 1. The molecule has 1 unspecified atom stereocenters. The van der Waals surface area contributed by atoms with Crippen LogP contribution < -0.4 is 10.6 Å². The van der Waals surface area contributed by atoms with E-state index in [2.05, 4.69) is 35.5 Å². The number of fused-ring (bicyclic) bond motifs is 1. The van der Waals surface area contributed by atoms with Crippen molar-refractivity contribution >= 4 is 34.3 Å². The molecule has 0 radical (unpaired) electrons. The van der Waals surface area contributed by atoms with Crippen LogP contribution >= 0.6 is 11.6 Å². The molecular weight excluding hydrogens is 434 g/mol. The average molecular weight is 460 g/mol. The number of carbonyl (C=O) groups excluding carboxylic acids is 2. The molecule has 3 aromatic carbocycles. The zero-order valence-electron chi connectivity index (χ0n) is 18.6. The molecule has 5 nitrogen and oxygen atoms in total. The van der Waals surface area contributed by atoms with Gasteiger partial charge in [0, 0.05) is 23.1 Å². The van der Waals surface area contributed by atoms with Crippen molar-refractivity contribution in [3.63, 3.8) is 0 Å². The van der Waals surface area contributed by atoms with E-state index in [-0.39, 0.29) is 18.2 Å². The Kier molecular flexibility index (Phi) is 6.80. The number of H-pyrrole nitrogens is 1. The number of nitrogens with one attached hydrogen (secondary N) is 3. The van der Waals surface area contributed by atoms with Crippen LogP contribution in [0.4, 0.5) is 0 Å². The number of aryl methyl sites for hydroxylation is 2. The molecule has 0 aliphatic carbocycles. The predicted molar refractivity (Wildman–Crippen MR) is 132 cm³/mol. The van der Waals surface area contributed by atoms with Gasteiger partial charge in [-0.3, -0.25) is 9.59 Å². The van der Waals surface area contributed by atoms with Crippen molar-refractivity contribution in [1.29, 1.82) is 0 Å². The first-order valence-electron chi connectivity index (χ1n) is 10.9. The highest BCUT2D eigenvalue weighted by Crippen LogP contribution is 2.23. The molecule has 1 aromatic heterocycles. The molecule has 33 heavy (non-hydrogen) atoms. The van der Waals surface area contributed by atoms with Gasteiger partial charge < -0.3 is 15.6 Å². The van der Waals surface area contributed by atoms with Gasteiger partial charge in [0.05, 0.1) is 23.0 Å². The molecule has 0 saturated carbocycles. The van der Waals surface area contributed by atoms with Gasteiger partial charge in [-0.25, -0.2) is 0 Å². The summed E-state index contributed by atoms with van der Waals surface area (Å²) in [4.78, 5) is 29.0. The fraction of sp³-hybridized carbons (Fsp3) is 0.185. The maximum atomic E-state index is 12.8. The number of hydrogen-bond acceptors (Lipinski definition) is 2. The second kappa shape index (κ2) is 9.92. The predicted octanol–water partition coefficient (Wildman–Crippen LogP) is 5.62. The van der Waals surface area contributed by atoms with Gasteiger partial charge in [0.2, 0.25) is 5.91 Å². The molecule has 168 valence electrons. The topological polar surface area (TPSA) is 74.0 Å². The van der Waals surface area contributed by atoms with Gasteiger partial charge in [-0.2, -0.15) is 0 Å². The van der Waals surface area contributed by atoms with Crippen LogP contribution in [0.25, 0.3) is 10.9 Å². The second-order valence-corrected chi connectivity index (χ2v) is 8.56. The lowest BCUT2D eigenvalue weighted by atomic mass is 10.0. The Bertz CT molecular complexity index is 1300. The molecule has 0 aliphatic heterocycles. The van der Waals surface area contributed by atoms with Gasteiger partial charge in [-0.05, 0) is 54.8 Å². The van der Waals surface area contributed by atoms with Crippen LogP contribution in [0.1, 0.15) is 45.2 Å². The normalized spacial score (nSPS) is 11.8. The highest BCUT2D eigenvalue weighted by atomic mass is 35.5. The van der Waals surface area contributed by atoms with Crippen LogP contribution in [0.3, 0.4) is 0 Å². The molecule has 2 amide bonds. The standard InChI is InChI=1S/C27H26ClN3O2/c1-17-18(2)30-24-13-12-19(14-22(17)24)16-29-26(32)15-25(20-8-4-3-5-9-20)31-27(33)21-10-6-7-11-23(21)28/h3-14,25,30H,15-16H2,1-2H3,(H,29,32)(H,31,33). The summed E-state index contributed by atoms with van der Waals surface area (Å²) in [5, 5.41) is 7.49. The zero-order chi connectivity index (χ0) is 23.4. The fourth-order valence-corrected chi connectivity index (χ4v) is 4.12. The van der Waals surface area contributed by atoms with E-state index in [0.29, 0.717) is 17.1 Å². The molecule has 4 rings (SSSR count). The summed E-state index contributed by atoms with van der Waals surface area (Å²) >= 11 is 6.18. The summed E-state index contributed by atoms with van der Waals surface area (Å²) in [6.07, 6.45) is 0.116. The van der Waals surface area contributed by atoms with E-state index in [0.717, 1.165) is 27.7 Å².